The van der Waals surface area contributed by atoms with E-state index in [0.29, 0.717) is 29.8 Å². The molecule has 0 aliphatic rings. The van der Waals surface area contributed by atoms with Crippen molar-refractivity contribution in [2.45, 2.75) is 33.6 Å². The number of carbonyl (C=O) groups is 2. The number of nitrogens with one attached hydrogen (secondary N) is 1. The van der Waals surface area contributed by atoms with Crippen LogP contribution in [-0.2, 0) is 11.2 Å². The normalized spacial score (nSPS) is 11.4. The van der Waals surface area contributed by atoms with Crippen LogP contribution in [0.15, 0.2) is 30.5 Å². The van der Waals surface area contributed by atoms with Crippen LogP contribution < -0.4 is 5.32 Å². The molecule has 1 aromatic heterocycles. The van der Waals surface area contributed by atoms with Crippen LogP contribution in [0.2, 0.25) is 0 Å². The first-order valence-corrected chi connectivity index (χ1v) is 8.10. The SMILES string of the molecule is CCc1c(C(=O)NCCC(C)(C)C(=O)O)cnn1-c1ccc(F)cc1. The van der Waals surface area contributed by atoms with Crippen LogP contribution in [0.25, 0.3) is 5.69 Å². The Morgan fingerprint density at radius 1 is 1.28 bits per heavy atom. The summed E-state index contributed by atoms with van der Waals surface area (Å²) in [7, 11) is 0. The standard InChI is InChI=1S/C18H22FN3O3/c1-4-15-14(16(23)20-10-9-18(2,3)17(24)25)11-21-22(15)13-7-5-12(19)6-8-13/h5-8,11H,4,9-10H2,1-3H3,(H,20,23)(H,24,25). The second-order valence-corrected chi connectivity index (χ2v) is 6.44. The summed E-state index contributed by atoms with van der Waals surface area (Å²) in [5.74, 6) is -1.54. The first kappa shape index (κ1) is 18.6. The topological polar surface area (TPSA) is 84.2 Å². The number of hydrogen-bond acceptors (Lipinski definition) is 3. The Kier molecular flexibility index (Phi) is 5.56. The number of aromatic nitrogens is 2. The molecule has 2 rings (SSSR count). The van der Waals surface area contributed by atoms with Crippen LogP contribution in [0, 0.1) is 11.2 Å². The highest BCUT2D eigenvalue weighted by Crippen LogP contribution is 2.20. The molecule has 0 bridgehead atoms. The maximum Gasteiger partial charge on any atom is 0.309 e. The Morgan fingerprint density at radius 2 is 1.92 bits per heavy atom. The lowest BCUT2D eigenvalue weighted by Gasteiger charge is -2.18. The first-order chi connectivity index (χ1) is 11.8. The predicted molar refractivity (Wildman–Crippen MR) is 91.3 cm³/mol. The number of hydrogen-bond donors (Lipinski definition) is 2. The third-order valence-corrected chi connectivity index (χ3v) is 4.13. The summed E-state index contributed by atoms with van der Waals surface area (Å²) >= 11 is 0. The van der Waals surface area contributed by atoms with E-state index in [2.05, 4.69) is 10.4 Å². The Morgan fingerprint density at radius 3 is 2.48 bits per heavy atom. The molecular weight excluding hydrogens is 325 g/mol. The molecule has 0 aliphatic heterocycles. The molecular formula is C18H22FN3O3. The van der Waals surface area contributed by atoms with Gasteiger partial charge in [-0.2, -0.15) is 5.10 Å². The second kappa shape index (κ2) is 7.46. The molecule has 1 heterocycles. The number of aliphatic carboxylic acids is 1. The number of carboxylic acids is 1. The van der Waals surface area contributed by atoms with E-state index in [9.17, 15) is 14.0 Å². The number of carbonyl (C=O) groups excluding carboxylic acids is 1. The van der Waals surface area contributed by atoms with E-state index in [-0.39, 0.29) is 18.3 Å². The van der Waals surface area contributed by atoms with Crippen LogP contribution in [0.5, 0.6) is 0 Å². The summed E-state index contributed by atoms with van der Waals surface area (Å²) in [4.78, 5) is 23.5. The maximum absolute atomic E-state index is 13.1. The average Bonchev–Trinajstić information content (AvgIpc) is 2.99. The molecule has 0 unspecified atom stereocenters. The lowest BCUT2D eigenvalue weighted by molar-refractivity contribution is -0.147. The van der Waals surface area contributed by atoms with Gasteiger partial charge in [0.15, 0.2) is 0 Å². The minimum Gasteiger partial charge on any atom is -0.481 e. The third-order valence-electron chi connectivity index (χ3n) is 4.13. The van der Waals surface area contributed by atoms with Gasteiger partial charge in [-0.1, -0.05) is 6.92 Å². The van der Waals surface area contributed by atoms with E-state index in [4.69, 9.17) is 5.11 Å². The minimum atomic E-state index is -0.904. The van der Waals surface area contributed by atoms with Crippen LogP contribution in [0.3, 0.4) is 0 Å². The van der Waals surface area contributed by atoms with Crippen molar-refractivity contribution in [3.63, 3.8) is 0 Å². The number of rotatable bonds is 7. The van der Waals surface area contributed by atoms with Crippen molar-refractivity contribution in [2.75, 3.05) is 6.54 Å². The number of carboxylic acid groups (broad SMARTS) is 1. The highest BCUT2D eigenvalue weighted by atomic mass is 19.1. The number of nitrogens with zero attached hydrogens (tertiary/aromatic N) is 2. The van der Waals surface area contributed by atoms with Gasteiger partial charge in [-0.3, -0.25) is 9.59 Å². The molecule has 1 aromatic carbocycles. The van der Waals surface area contributed by atoms with Gasteiger partial charge in [0.2, 0.25) is 0 Å². The fourth-order valence-corrected chi connectivity index (χ4v) is 2.40. The third kappa shape index (κ3) is 4.23. The quantitative estimate of drug-likeness (QED) is 0.807. The largest absolute Gasteiger partial charge is 0.481 e. The van der Waals surface area contributed by atoms with Crippen molar-refractivity contribution in [1.82, 2.24) is 15.1 Å². The van der Waals surface area contributed by atoms with E-state index < -0.39 is 11.4 Å². The van der Waals surface area contributed by atoms with E-state index >= 15 is 0 Å². The van der Waals surface area contributed by atoms with Gasteiger partial charge in [-0.05, 0) is 51.0 Å². The van der Waals surface area contributed by atoms with Crippen LogP contribution in [0.4, 0.5) is 4.39 Å². The van der Waals surface area contributed by atoms with Crippen LogP contribution in [0.1, 0.15) is 43.2 Å². The van der Waals surface area contributed by atoms with Crippen molar-refractivity contribution < 1.29 is 19.1 Å². The summed E-state index contributed by atoms with van der Waals surface area (Å²) in [5, 5.41) is 16.1. The lowest BCUT2D eigenvalue weighted by atomic mass is 9.90. The van der Waals surface area contributed by atoms with Gasteiger partial charge in [-0.25, -0.2) is 9.07 Å². The summed E-state index contributed by atoms with van der Waals surface area (Å²) in [6, 6.07) is 5.87. The zero-order valence-corrected chi connectivity index (χ0v) is 14.5. The minimum absolute atomic E-state index is 0.253. The molecule has 25 heavy (non-hydrogen) atoms. The molecule has 0 saturated carbocycles. The van der Waals surface area contributed by atoms with Crippen molar-refractivity contribution >= 4 is 11.9 Å². The molecule has 1 amide bonds. The molecule has 6 nitrogen and oxygen atoms in total. The molecule has 0 atom stereocenters. The molecule has 0 fully saturated rings. The van der Waals surface area contributed by atoms with Crippen LogP contribution in [-0.4, -0.2) is 33.3 Å². The average molecular weight is 347 g/mol. The first-order valence-electron chi connectivity index (χ1n) is 8.10. The fraction of sp³-hybridized carbons (Fsp3) is 0.389. The number of benzene rings is 1. The Hall–Kier alpha value is -2.70. The van der Waals surface area contributed by atoms with Gasteiger partial charge in [0.1, 0.15) is 5.82 Å². The highest BCUT2D eigenvalue weighted by molar-refractivity contribution is 5.95. The highest BCUT2D eigenvalue weighted by Gasteiger charge is 2.27. The van der Waals surface area contributed by atoms with Gasteiger partial charge in [0, 0.05) is 6.54 Å². The monoisotopic (exact) mass is 347 g/mol. The number of halogens is 1. The van der Waals surface area contributed by atoms with Crippen molar-refractivity contribution in [3.05, 3.63) is 47.5 Å². The van der Waals surface area contributed by atoms with Crippen molar-refractivity contribution in [2.24, 2.45) is 5.41 Å². The van der Waals surface area contributed by atoms with E-state index in [1.165, 1.54) is 18.3 Å². The number of amides is 1. The Bertz CT molecular complexity index is 766. The van der Waals surface area contributed by atoms with Crippen molar-refractivity contribution in [3.8, 4) is 5.69 Å². The Balaban J connectivity index is 2.13. The predicted octanol–water partition coefficient (Wildman–Crippen LogP) is 2.80. The molecule has 134 valence electrons. The molecule has 7 heteroatoms. The van der Waals surface area contributed by atoms with Gasteiger partial charge >= 0.3 is 5.97 Å². The fourth-order valence-electron chi connectivity index (χ4n) is 2.40. The summed E-state index contributed by atoms with van der Waals surface area (Å²) in [6.45, 7) is 5.39. The molecule has 2 aromatic rings. The lowest BCUT2D eigenvalue weighted by Crippen LogP contribution is -2.32. The Labute approximate surface area is 145 Å². The van der Waals surface area contributed by atoms with Gasteiger partial charge in [0.25, 0.3) is 5.91 Å². The zero-order chi connectivity index (χ0) is 18.6. The summed E-state index contributed by atoms with van der Waals surface area (Å²) in [5.41, 5.74) is 0.907. The van der Waals surface area contributed by atoms with Gasteiger partial charge in [0.05, 0.1) is 28.6 Å². The van der Waals surface area contributed by atoms with E-state index in [1.54, 1.807) is 30.7 Å². The summed E-state index contributed by atoms with van der Waals surface area (Å²) in [6.07, 6.45) is 2.36. The molecule has 0 aliphatic carbocycles. The molecule has 0 spiro atoms. The molecule has 2 N–H and O–H groups in total. The second-order valence-electron chi connectivity index (χ2n) is 6.44. The maximum atomic E-state index is 13.1. The van der Waals surface area contributed by atoms with Gasteiger partial charge < -0.3 is 10.4 Å². The van der Waals surface area contributed by atoms with Crippen molar-refractivity contribution in [1.29, 1.82) is 0 Å². The van der Waals surface area contributed by atoms with E-state index in [1.807, 2.05) is 6.92 Å². The zero-order valence-electron chi connectivity index (χ0n) is 14.5. The van der Waals surface area contributed by atoms with E-state index in [0.717, 1.165) is 0 Å². The molecule has 0 saturated heterocycles. The summed E-state index contributed by atoms with van der Waals surface area (Å²) < 4.78 is 14.7. The van der Waals surface area contributed by atoms with Crippen LogP contribution >= 0.6 is 0 Å². The smallest absolute Gasteiger partial charge is 0.309 e. The van der Waals surface area contributed by atoms with Gasteiger partial charge in [-0.15, -0.1) is 0 Å². The molecule has 0 radical (unpaired) electrons.